The molecule has 0 bridgehead atoms. The van der Waals surface area contributed by atoms with Crippen molar-refractivity contribution in [1.82, 2.24) is 4.98 Å². The normalized spacial score (nSPS) is 10.2. The Morgan fingerprint density at radius 3 is 2.68 bits per heavy atom. The first-order valence-electron chi connectivity index (χ1n) is 5.39. The van der Waals surface area contributed by atoms with Crippen molar-refractivity contribution in [2.24, 2.45) is 0 Å². The number of aromatic nitrogens is 1. The number of aryl methyl sites for hydroxylation is 1. The topological polar surface area (TPSA) is 85.4 Å². The molecule has 0 saturated carbocycles. The zero-order chi connectivity index (χ0) is 14.0. The van der Waals surface area contributed by atoms with E-state index < -0.39 is 5.97 Å². The lowest BCUT2D eigenvalue weighted by Gasteiger charge is -2.10. The largest absolute Gasteiger partial charge is 0.478 e. The van der Waals surface area contributed by atoms with E-state index in [4.69, 9.17) is 27.2 Å². The summed E-state index contributed by atoms with van der Waals surface area (Å²) in [5.41, 5.74) is 6.56. The van der Waals surface area contributed by atoms with Crippen molar-refractivity contribution < 1.29 is 14.6 Å². The molecule has 3 N–H and O–H groups in total. The summed E-state index contributed by atoms with van der Waals surface area (Å²) in [4.78, 5) is 14.9. The van der Waals surface area contributed by atoms with Crippen molar-refractivity contribution >= 4 is 23.3 Å². The van der Waals surface area contributed by atoms with Crippen molar-refractivity contribution in [3.63, 3.8) is 0 Å². The highest BCUT2D eigenvalue weighted by Crippen LogP contribution is 2.28. The molecule has 0 saturated heterocycles. The molecule has 1 aromatic carbocycles. The number of pyridine rings is 1. The first kappa shape index (κ1) is 13.2. The maximum absolute atomic E-state index is 11.1. The van der Waals surface area contributed by atoms with Crippen molar-refractivity contribution in [3.8, 4) is 11.5 Å². The molecule has 0 amide bonds. The molecular formula is C13H11ClN2O3. The lowest BCUT2D eigenvalue weighted by molar-refractivity contribution is 0.0697. The second kappa shape index (κ2) is 5.16. The van der Waals surface area contributed by atoms with E-state index in [-0.39, 0.29) is 11.3 Å². The number of carboxylic acid groups (broad SMARTS) is 1. The summed E-state index contributed by atoms with van der Waals surface area (Å²) in [5, 5.41) is 9.49. The maximum Gasteiger partial charge on any atom is 0.337 e. The highest BCUT2D eigenvalue weighted by atomic mass is 35.5. The molecular weight excluding hydrogens is 268 g/mol. The smallest absolute Gasteiger partial charge is 0.337 e. The molecule has 19 heavy (non-hydrogen) atoms. The van der Waals surface area contributed by atoms with E-state index in [1.807, 2.05) is 0 Å². The molecule has 0 atom stereocenters. The van der Waals surface area contributed by atoms with Crippen LogP contribution in [0.2, 0.25) is 5.02 Å². The Balaban J connectivity index is 2.38. The third-order valence-corrected chi connectivity index (χ3v) is 2.71. The van der Waals surface area contributed by atoms with Crippen LogP contribution in [-0.4, -0.2) is 16.1 Å². The molecule has 6 heteroatoms. The summed E-state index contributed by atoms with van der Waals surface area (Å²) >= 11 is 5.79. The van der Waals surface area contributed by atoms with Gasteiger partial charge in [0.15, 0.2) is 0 Å². The molecule has 1 heterocycles. The molecule has 0 aliphatic carbocycles. The number of nitrogens with two attached hydrogens (primary N) is 1. The number of nitrogen functional groups attached to an aromatic ring is 1. The fraction of sp³-hybridized carbons (Fsp3) is 0.0769. The second-order valence-electron chi connectivity index (χ2n) is 3.95. The van der Waals surface area contributed by atoms with Gasteiger partial charge in [0.05, 0.1) is 16.8 Å². The number of hydrogen-bond donors (Lipinski definition) is 2. The van der Waals surface area contributed by atoms with Gasteiger partial charge >= 0.3 is 5.97 Å². The molecule has 1 aromatic heterocycles. The quantitative estimate of drug-likeness (QED) is 0.843. The number of halogens is 1. The maximum atomic E-state index is 11.1. The molecule has 5 nitrogen and oxygen atoms in total. The van der Waals surface area contributed by atoms with Crippen LogP contribution in [0.1, 0.15) is 15.9 Å². The zero-order valence-corrected chi connectivity index (χ0v) is 10.8. The third-order valence-electron chi connectivity index (χ3n) is 2.51. The first-order valence-corrected chi connectivity index (χ1v) is 5.77. The Morgan fingerprint density at radius 1 is 1.32 bits per heavy atom. The molecule has 0 aliphatic rings. The summed E-state index contributed by atoms with van der Waals surface area (Å²) in [7, 11) is 0. The SMILES string of the molecule is Cc1cc(Oc2cncc(Cl)c2)cc(C(=O)O)c1N. The van der Waals surface area contributed by atoms with E-state index in [1.165, 1.54) is 18.5 Å². The van der Waals surface area contributed by atoms with Crippen molar-refractivity contribution in [3.05, 3.63) is 46.7 Å². The van der Waals surface area contributed by atoms with Gasteiger partial charge in [-0.25, -0.2) is 4.79 Å². The van der Waals surface area contributed by atoms with Gasteiger partial charge in [0.1, 0.15) is 11.5 Å². The third kappa shape index (κ3) is 2.95. The van der Waals surface area contributed by atoms with Crippen LogP contribution in [0.4, 0.5) is 5.69 Å². The lowest BCUT2D eigenvalue weighted by Crippen LogP contribution is -2.04. The number of nitrogens with zero attached hydrogens (tertiary/aromatic N) is 1. The average Bonchev–Trinajstić information content (AvgIpc) is 2.33. The summed E-state index contributed by atoms with van der Waals surface area (Å²) < 4.78 is 5.52. The standard InChI is InChI=1S/C13H11ClN2O3/c1-7-2-9(4-11(12(7)15)13(17)18)19-10-3-8(14)5-16-6-10/h2-6H,15H2,1H3,(H,17,18). The number of hydrogen-bond acceptors (Lipinski definition) is 4. The van der Waals surface area contributed by atoms with Crippen LogP contribution in [0, 0.1) is 6.92 Å². The molecule has 0 aliphatic heterocycles. The number of aromatic carboxylic acids is 1. The van der Waals surface area contributed by atoms with E-state index in [0.29, 0.717) is 22.1 Å². The molecule has 0 unspecified atom stereocenters. The van der Waals surface area contributed by atoms with Gasteiger partial charge in [0.2, 0.25) is 0 Å². The van der Waals surface area contributed by atoms with Gasteiger partial charge in [0, 0.05) is 18.0 Å². The number of carbonyl (C=O) groups is 1. The monoisotopic (exact) mass is 278 g/mol. The first-order chi connectivity index (χ1) is 8.97. The summed E-state index contributed by atoms with van der Waals surface area (Å²) in [6.45, 7) is 1.71. The van der Waals surface area contributed by atoms with Crippen LogP contribution in [-0.2, 0) is 0 Å². The van der Waals surface area contributed by atoms with Crippen molar-refractivity contribution in [1.29, 1.82) is 0 Å². The van der Waals surface area contributed by atoms with Gasteiger partial charge in [-0.2, -0.15) is 0 Å². The summed E-state index contributed by atoms with van der Waals surface area (Å²) in [6, 6.07) is 4.61. The number of rotatable bonds is 3. The van der Waals surface area contributed by atoms with Crippen LogP contribution in [0.5, 0.6) is 11.5 Å². The predicted molar refractivity (Wildman–Crippen MR) is 71.9 cm³/mol. The second-order valence-corrected chi connectivity index (χ2v) is 4.38. The van der Waals surface area contributed by atoms with E-state index in [0.717, 1.165) is 0 Å². The highest BCUT2D eigenvalue weighted by molar-refractivity contribution is 6.30. The fourth-order valence-corrected chi connectivity index (χ4v) is 1.75. The molecule has 0 radical (unpaired) electrons. The minimum Gasteiger partial charge on any atom is -0.478 e. The van der Waals surface area contributed by atoms with Crippen LogP contribution in [0.25, 0.3) is 0 Å². The van der Waals surface area contributed by atoms with Gasteiger partial charge in [0.25, 0.3) is 0 Å². The van der Waals surface area contributed by atoms with Gasteiger partial charge < -0.3 is 15.6 Å². The van der Waals surface area contributed by atoms with Crippen LogP contribution >= 0.6 is 11.6 Å². The van der Waals surface area contributed by atoms with Gasteiger partial charge in [-0.05, 0) is 24.6 Å². The Kier molecular flexibility index (Phi) is 3.57. The van der Waals surface area contributed by atoms with Crippen LogP contribution in [0.3, 0.4) is 0 Å². The van der Waals surface area contributed by atoms with Gasteiger partial charge in [-0.1, -0.05) is 11.6 Å². The minimum absolute atomic E-state index is 0.00462. The molecule has 0 fully saturated rings. The fourth-order valence-electron chi connectivity index (χ4n) is 1.59. The highest BCUT2D eigenvalue weighted by Gasteiger charge is 2.13. The molecule has 0 spiro atoms. The molecule has 2 rings (SSSR count). The predicted octanol–water partition coefficient (Wildman–Crippen LogP) is 3.12. The lowest BCUT2D eigenvalue weighted by atomic mass is 10.1. The van der Waals surface area contributed by atoms with E-state index in [1.54, 1.807) is 19.1 Å². The molecule has 2 aromatic rings. The van der Waals surface area contributed by atoms with Gasteiger partial charge in [-0.15, -0.1) is 0 Å². The Hall–Kier alpha value is -2.27. The number of ether oxygens (including phenoxy) is 1. The van der Waals surface area contributed by atoms with E-state index in [2.05, 4.69) is 4.98 Å². The van der Waals surface area contributed by atoms with E-state index >= 15 is 0 Å². The summed E-state index contributed by atoms with van der Waals surface area (Å²) in [6.07, 6.45) is 2.96. The number of anilines is 1. The Labute approximate surface area is 114 Å². The number of benzene rings is 1. The summed E-state index contributed by atoms with van der Waals surface area (Å²) in [5.74, 6) is -0.309. The van der Waals surface area contributed by atoms with Gasteiger partial charge in [-0.3, -0.25) is 4.98 Å². The average molecular weight is 279 g/mol. The minimum atomic E-state index is -1.10. The Bertz CT molecular complexity index is 644. The molecule has 98 valence electrons. The zero-order valence-electron chi connectivity index (χ0n) is 10.1. The Morgan fingerprint density at radius 2 is 2.05 bits per heavy atom. The van der Waals surface area contributed by atoms with E-state index in [9.17, 15) is 4.79 Å². The number of carboxylic acids is 1. The van der Waals surface area contributed by atoms with Crippen LogP contribution in [0.15, 0.2) is 30.6 Å². The van der Waals surface area contributed by atoms with Crippen LogP contribution < -0.4 is 10.5 Å². The van der Waals surface area contributed by atoms with Crippen molar-refractivity contribution in [2.45, 2.75) is 6.92 Å². The van der Waals surface area contributed by atoms with Crippen molar-refractivity contribution in [2.75, 3.05) is 5.73 Å².